The van der Waals surface area contributed by atoms with Gasteiger partial charge in [0, 0.05) is 5.56 Å². The van der Waals surface area contributed by atoms with Crippen LogP contribution in [0.4, 0.5) is 8.78 Å². The molecule has 1 aromatic carbocycles. The summed E-state index contributed by atoms with van der Waals surface area (Å²) >= 11 is 0. The first-order chi connectivity index (χ1) is 9.07. The second kappa shape index (κ2) is 6.00. The summed E-state index contributed by atoms with van der Waals surface area (Å²) in [5, 5.41) is 10.6. The van der Waals surface area contributed by atoms with Gasteiger partial charge >= 0.3 is 0 Å². The Kier molecular flexibility index (Phi) is 4.56. The van der Waals surface area contributed by atoms with Gasteiger partial charge in [-0.3, -0.25) is 0 Å². The summed E-state index contributed by atoms with van der Waals surface area (Å²) in [6.45, 7) is 2.17. The van der Waals surface area contributed by atoms with Crippen LogP contribution in [-0.4, -0.2) is 5.11 Å². The average molecular weight is 268 g/mol. The molecular formula is C16H22F2O. The summed E-state index contributed by atoms with van der Waals surface area (Å²) in [6.07, 6.45) is 6.41. The number of halogens is 2. The maximum Gasteiger partial charge on any atom is 0.164 e. The van der Waals surface area contributed by atoms with Gasteiger partial charge in [-0.15, -0.1) is 0 Å². The number of hydrogen-bond donors (Lipinski definition) is 1. The lowest BCUT2D eigenvalue weighted by molar-refractivity contribution is -0.0187. The van der Waals surface area contributed by atoms with Crippen LogP contribution in [0.3, 0.4) is 0 Å². The molecule has 3 heteroatoms. The van der Waals surface area contributed by atoms with Crippen LogP contribution >= 0.6 is 0 Å². The summed E-state index contributed by atoms with van der Waals surface area (Å²) in [7, 11) is 0. The molecule has 0 aromatic heterocycles. The van der Waals surface area contributed by atoms with Crippen LogP contribution in [-0.2, 0) is 5.60 Å². The molecule has 19 heavy (non-hydrogen) atoms. The predicted octanol–water partition coefficient (Wildman–Crippen LogP) is 4.53. The molecule has 1 aliphatic rings. The highest BCUT2D eigenvalue weighted by Crippen LogP contribution is 2.42. The Bertz CT molecular complexity index is 423. The van der Waals surface area contributed by atoms with Crippen molar-refractivity contribution in [2.45, 2.75) is 57.5 Å². The molecule has 0 unspecified atom stereocenters. The number of hydrogen-bond acceptors (Lipinski definition) is 1. The van der Waals surface area contributed by atoms with Crippen molar-refractivity contribution in [1.29, 1.82) is 0 Å². The molecule has 1 nitrogen and oxygen atoms in total. The fourth-order valence-corrected chi connectivity index (χ4v) is 3.07. The highest BCUT2D eigenvalue weighted by molar-refractivity contribution is 5.26. The van der Waals surface area contributed by atoms with E-state index < -0.39 is 17.2 Å². The van der Waals surface area contributed by atoms with Crippen LogP contribution in [0.15, 0.2) is 18.2 Å². The maximum absolute atomic E-state index is 13.8. The monoisotopic (exact) mass is 268 g/mol. The van der Waals surface area contributed by atoms with E-state index >= 15 is 0 Å². The van der Waals surface area contributed by atoms with E-state index in [1.165, 1.54) is 31.4 Å². The van der Waals surface area contributed by atoms with Crippen molar-refractivity contribution in [1.82, 2.24) is 0 Å². The molecule has 0 atom stereocenters. The zero-order valence-electron chi connectivity index (χ0n) is 11.5. The third-order valence-corrected chi connectivity index (χ3v) is 4.35. The fourth-order valence-electron chi connectivity index (χ4n) is 3.07. The highest BCUT2D eigenvalue weighted by atomic mass is 19.2. The molecule has 1 saturated carbocycles. The van der Waals surface area contributed by atoms with Gasteiger partial charge < -0.3 is 5.11 Å². The van der Waals surface area contributed by atoms with Gasteiger partial charge in [-0.25, -0.2) is 8.78 Å². The van der Waals surface area contributed by atoms with Gasteiger partial charge in [0.15, 0.2) is 11.6 Å². The van der Waals surface area contributed by atoms with E-state index in [4.69, 9.17) is 0 Å². The molecule has 0 amide bonds. The molecule has 0 spiro atoms. The molecule has 106 valence electrons. The van der Waals surface area contributed by atoms with E-state index in [0.717, 1.165) is 18.9 Å². The van der Waals surface area contributed by atoms with Crippen molar-refractivity contribution in [3.05, 3.63) is 35.4 Å². The lowest BCUT2D eigenvalue weighted by Crippen LogP contribution is -2.32. The largest absolute Gasteiger partial charge is 0.385 e. The van der Waals surface area contributed by atoms with Crippen LogP contribution in [0.25, 0.3) is 0 Å². The molecule has 0 aliphatic heterocycles. The average Bonchev–Trinajstić information content (AvgIpc) is 2.41. The molecule has 1 fully saturated rings. The zero-order chi connectivity index (χ0) is 13.9. The first-order valence-electron chi connectivity index (χ1n) is 7.23. The van der Waals surface area contributed by atoms with Crippen LogP contribution in [0.5, 0.6) is 0 Å². The standard InChI is InChI=1S/C16H22F2O/c1-2-3-5-12-8-10-16(19,11-9-12)13-6-4-7-14(17)15(13)18/h4,6-7,12,19H,2-3,5,8-11H2,1H3. The lowest BCUT2D eigenvalue weighted by Gasteiger charge is -2.36. The molecule has 0 radical (unpaired) electrons. The summed E-state index contributed by atoms with van der Waals surface area (Å²) in [5.41, 5.74) is -1.06. The van der Waals surface area contributed by atoms with Gasteiger partial charge in [0.2, 0.25) is 0 Å². The lowest BCUT2D eigenvalue weighted by atomic mass is 9.74. The Morgan fingerprint density at radius 1 is 1.26 bits per heavy atom. The Morgan fingerprint density at radius 3 is 2.58 bits per heavy atom. The van der Waals surface area contributed by atoms with E-state index in [-0.39, 0.29) is 5.56 Å². The highest BCUT2D eigenvalue weighted by Gasteiger charge is 2.37. The Balaban J connectivity index is 2.07. The molecule has 0 heterocycles. The SMILES string of the molecule is CCCCC1CCC(O)(c2cccc(F)c2F)CC1. The predicted molar refractivity (Wildman–Crippen MR) is 71.7 cm³/mol. The van der Waals surface area contributed by atoms with Gasteiger partial charge in [-0.2, -0.15) is 0 Å². The van der Waals surface area contributed by atoms with E-state index in [9.17, 15) is 13.9 Å². The minimum atomic E-state index is -1.19. The molecule has 2 rings (SSSR count). The topological polar surface area (TPSA) is 20.2 Å². The third kappa shape index (κ3) is 3.14. The molecular weight excluding hydrogens is 246 g/mol. The van der Waals surface area contributed by atoms with Gasteiger partial charge in [0.1, 0.15) is 0 Å². The first-order valence-corrected chi connectivity index (χ1v) is 7.23. The summed E-state index contributed by atoms with van der Waals surface area (Å²) in [5.74, 6) is -1.15. The number of aliphatic hydroxyl groups is 1. The van der Waals surface area contributed by atoms with Crippen LogP contribution in [0.2, 0.25) is 0 Å². The van der Waals surface area contributed by atoms with Crippen LogP contribution in [0, 0.1) is 17.6 Å². The van der Waals surface area contributed by atoms with Gasteiger partial charge in [0.25, 0.3) is 0 Å². The molecule has 1 aromatic rings. The van der Waals surface area contributed by atoms with Crippen molar-refractivity contribution in [3.8, 4) is 0 Å². The fraction of sp³-hybridized carbons (Fsp3) is 0.625. The van der Waals surface area contributed by atoms with E-state index in [1.807, 2.05) is 0 Å². The number of rotatable bonds is 4. The van der Waals surface area contributed by atoms with Crippen LogP contribution < -0.4 is 0 Å². The van der Waals surface area contributed by atoms with Crippen LogP contribution in [0.1, 0.15) is 57.4 Å². The molecule has 1 N–H and O–H groups in total. The van der Waals surface area contributed by atoms with Gasteiger partial charge in [0.05, 0.1) is 5.60 Å². The minimum Gasteiger partial charge on any atom is -0.385 e. The summed E-state index contributed by atoms with van der Waals surface area (Å²) in [6, 6.07) is 4.06. The van der Waals surface area contributed by atoms with Crippen molar-refractivity contribution in [2.24, 2.45) is 5.92 Å². The van der Waals surface area contributed by atoms with E-state index in [2.05, 4.69) is 6.92 Å². The van der Waals surface area contributed by atoms with E-state index in [0.29, 0.717) is 18.8 Å². The molecule has 1 aliphatic carbocycles. The Hall–Kier alpha value is -0.960. The number of benzene rings is 1. The smallest absolute Gasteiger partial charge is 0.164 e. The summed E-state index contributed by atoms with van der Waals surface area (Å²) < 4.78 is 27.1. The second-order valence-electron chi connectivity index (χ2n) is 5.72. The van der Waals surface area contributed by atoms with Crippen molar-refractivity contribution < 1.29 is 13.9 Å². The number of unbranched alkanes of at least 4 members (excludes halogenated alkanes) is 1. The summed E-state index contributed by atoms with van der Waals surface area (Å²) in [4.78, 5) is 0. The Labute approximate surface area is 113 Å². The molecule has 0 bridgehead atoms. The normalized spacial score (nSPS) is 27.5. The Morgan fingerprint density at radius 2 is 1.95 bits per heavy atom. The quantitative estimate of drug-likeness (QED) is 0.850. The minimum absolute atomic E-state index is 0.126. The maximum atomic E-state index is 13.8. The zero-order valence-corrected chi connectivity index (χ0v) is 11.5. The third-order valence-electron chi connectivity index (χ3n) is 4.35. The van der Waals surface area contributed by atoms with Crippen molar-refractivity contribution in [3.63, 3.8) is 0 Å². The van der Waals surface area contributed by atoms with Gasteiger partial charge in [-0.05, 0) is 37.7 Å². The van der Waals surface area contributed by atoms with Crippen molar-refractivity contribution >= 4 is 0 Å². The first kappa shape index (κ1) is 14.4. The van der Waals surface area contributed by atoms with E-state index in [1.54, 1.807) is 0 Å². The van der Waals surface area contributed by atoms with Crippen molar-refractivity contribution in [2.75, 3.05) is 0 Å². The second-order valence-corrected chi connectivity index (χ2v) is 5.72. The van der Waals surface area contributed by atoms with Gasteiger partial charge in [-0.1, -0.05) is 38.3 Å². The molecule has 0 saturated heterocycles.